The fourth-order valence-corrected chi connectivity index (χ4v) is 2.43. The standard InChI is InChI=1S/C13H20N6O2/c1-6-10(20)15-19-11(21)9(7-8(2)3)18-12(13(19,4)5)14-16-17-18/h6,8-9H,1,7H2,2-5H3,(H,15,20). The van der Waals surface area contributed by atoms with Crippen LogP contribution in [-0.2, 0) is 15.1 Å². The topological polar surface area (TPSA) is 93.0 Å². The van der Waals surface area contributed by atoms with E-state index >= 15 is 0 Å². The van der Waals surface area contributed by atoms with Crippen LogP contribution in [0.1, 0.15) is 46.0 Å². The van der Waals surface area contributed by atoms with Gasteiger partial charge in [-0.3, -0.25) is 15.0 Å². The quantitative estimate of drug-likeness (QED) is 0.818. The molecule has 21 heavy (non-hydrogen) atoms. The van der Waals surface area contributed by atoms with Crippen LogP contribution in [0.25, 0.3) is 0 Å². The minimum absolute atomic E-state index is 0.233. The van der Waals surface area contributed by atoms with Crippen LogP contribution in [0.4, 0.5) is 0 Å². The van der Waals surface area contributed by atoms with Crippen molar-refractivity contribution in [1.82, 2.24) is 30.6 Å². The van der Waals surface area contributed by atoms with E-state index in [4.69, 9.17) is 0 Å². The molecule has 0 saturated carbocycles. The van der Waals surface area contributed by atoms with Gasteiger partial charge in [-0.25, -0.2) is 9.69 Å². The second-order valence-electron chi connectivity index (χ2n) is 6.01. The van der Waals surface area contributed by atoms with E-state index in [1.54, 1.807) is 18.5 Å². The lowest BCUT2D eigenvalue weighted by atomic mass is 9.94. The summed E-state index contributed by atoms with van der Waals surface area (Å²) in [5, 5.41) is 12.9. The van der Waals surface area contributed by atoms with Gasteiger partial charge in [0.05, 0.1) is 0 Å². The molecule has 1 aromatic rings. The van der Waals surface area contributed by atoms with Crippen molar-refractivity contribution in [3.8, 4) is 0 Å². The summed E-state index contributed by atoms with van der Waals surface area (Å²) in [4.78, 5) is 24.4. The predicted octanol–water partition coefficient (Wildman–Crippen LogP) is 0.555. The third kappa shape index (κ3) is 2.53. The Labute approximate surface area is 123 Å². The first kappa shape index (κ1) is 15.1. The summed E-state index contributed by atoms with van der Waals surface area (Å²) in [6.45, 7) is 11.0. The zero-order valence-electron chi connectivity index (χ0n) is 12.7. The number of aromatic nitrogens is 4. The van der Waals surface area contributed by atoms with Gasteiger partial charge in [-0.1, -0.05) is 20.4 Å². The number of carbonyl (C=O) groups is 2. The van der Waals surface area contributed by atoms with Crippen molar-refractivity contribution in [2.24, 2.45) is 5.92 Å². The van der Waals surface area contributed by atoms with Crippen molar-refractivity contribution in [3.63, 3.8) is 0 Å². The van der Waals surface area contributed by atoms with Crippen LogP contribution >= 0.6 is 0 Å². The van der Waals surface area contributed by atoms with Crippen LogP contribution in [0.5, 0.6) is 0 Å². The van der Waals surface area contributed by atoms with Crippen molar-refractivity contribution < 1.29 is 9.59 Å². The number of nitrogens with one attached hydrogen (secondary N) is 1. The molecule has 0 spiro atoms. The zero-order valence-corrected chi connectivity index (χ0v) is 12.7. The number of hydrogen-bond acceptors (Lipinski definition) is 5. The molecule has 1 aromatic heterocycles. The molecule has 1 aliphatic heterocycles. The number of tetrazole rings is 1. The smallest absolute Gasteiger partial charge is 0.266 e. The molecule has 2 heterocycles. The second-order valence-corrected chi connectivity index (χ2v) is 6.01. The highest BCUT2D eigenvalue weighted by Gasteiger charge is 2.47. The average molecular weight is 292 g/mol. The monoisotopic (exact) mass is 292 g/mol. The molecule has 1 atom stereocenters. The van der Waals surface area contributed by atoms with E-state index in [1.165, 1.54) is 5.01 Å². The van der Waals surface area contributed by atoms with Crippen LogP contribution in [0.3, 0.4) is 0 Å². The number of hydrogen-bond donors (Lipinski definition) is 1. The minimum atomic E-state index is -0.841. The number of amides is 2. The van der Waals surface area contributed by atoms with E-state index in [0.29, 0.717) is 12.2 Å². The highest BCUT2D eigenvalue weighted by Crippen LogP contribution is 2.35. The second kappa shape index (κ2) is 5.27. The Morgan fingerprint density at radius 2 is 2.19 bits per heavy atom. The summed E-state index contributed by atoms with van der Waals surface area (Å²) in [5.41, 5.74) is 1.72. The van der Waals surface area contributed by atoms with Gasteiger partial charge in [-0.15, -0.1) is 5.10 Å². The summed E-state index contributed by atoms with van der Waals surface area (Å²) < 4.78 is 1.55. The highest BCUT2D eigenvalue weighted by molar-refractivity contribution is 5.90. The third-order valence-electron chi connectivity index (χ3n) is 3.50. The van der Waals surface area contributed by atoms with Crippen molar-refractivity contribution in [2.45, 2.75) is 45.7 Å². The van der Waals surface area contributed by atoms with E-state index in [1.807, 2.05) is 13.8 Å². The van der Waals surface area contributed by atoms with Gasteiger partial charge in [0.2, 0.25) is 0 Å². The molecule has 0 saturated heterocycles. The number of carbonyl (C=O) groups excluding carboxylic acids is 2. The number of rotatable bonds is 4. The van der Waals surface area contributed by atoms with Crippen molar-refractivity contribution in [2.75, 3.05) is 0 Å². The molecule has 0 fully saturated rings. The summed E-state index contributed by atoms with van der Waals surface area (Å²) in [6.07, 6.45) is 1.71. The largest absolute Gasteiger partial charge is 0.270 e. The molecule has 2 rings (SSSR count). The van der Waals surface area contributed by atoms with Crippen LogP contribution in [0.2, 0.25) is 0 Å². The van der Waals surface area contributed by atoms with Crippen molar-refractivity contribution in [3.05, 3.63) is 18.5 Å². The molecular weight excluding hydrogens is 272 g/mol. The Morgan fingerprint density at radius 1 is 1.52 bits per heavy atom. The summed E-state index contributed by atoms with van der Waals surface area (Å²) >= 11 is 0. The maximum absolute atomic E-state index is 12.7. The summed E-state index contributed by atoms with van der Waals surface area (Å²) in [7, 11) is 0. The van der Waals surface area contributed by atoms with Crippen molar-refractivity contribution >= 4 is 11.8 Å². The molecule has 1 N–H and O–H groups in total. The Hall–Kier alpha value is -2.25. The van der Waals surface area contributed by atoms with Gasteiger partial charge in [0.25, 0.3) is 11.8 Å². The molecule has 8 nitrogen and oxygen atoms in total. The van der Waals surface area contributed by atoms with Crippen molar-refractivity contribution in [1.29, 1.82) is 0 Å². The normalized spacial score (nSPS) is 20.3. The first-order chi connectivity index (χ1) is 9.78. The van der Waals surface area contributed by atoms with E-state index < -0.39 is 17.5 Å². The average Bonchev–Trinajstić information content (AvgIpc) is 2.89. The molecule has 8 heteroatoms. The molecule has 0 aliphatic carbocycles. The molecule has 0 radical (unpaired) electrons. The fraction of sp³-hybridized carbons (Fsp3) is 0.615. The van der Waals surface area contributed by atoms with Crippen LogP contribution in [0.15, 0.2) is 12.7 Å². The Kier molecular flexibility index (Phi) is 3.80. The lowest BCUT2D eigenvalue weighted by molar-refractivity contribution is -0.155. The van der Waals surface area contributed by atoms with Crippen LogP contribution in [-0.4, -0.2) is 37.0 Å². The van der Waals surface area contributed by atoms with Gasteiger partial charge >= 0.3 is 0 Å². The molecule has 0 bridgehead atoms. The number of hydrazine groups is 1. The SMILES string of the molecule is C=CC(=O)NN1C(=O)C(CC(C)C)n2nnnc2C1(C)C. The first-order valence-electron chi connectivity index (χ1n) is 6.84. The third-order valence-corrected chi connectivity index (χ3v) is 3.50. The number of fused-ring (bicyclic) bond motifs is 1. The first-order valence-corrected chi connectivity index (χ1v) is 6.84. The van der Waals surface area contributed by atoms with Crippen LogP contribution < -0.4 is 5.43 Å². The Balaban J connectivity index is 2.46. The minimum Gasteiger partial charge on any atom is -0.270 e. The molecule has 0 aromatic carbocycles. The predicted molar refractivity (Wildman–Crippen MR) is 74.5 cm³/mol. The lowest BCUT2D eigenvalue weighted by Crippen LogP contribution is -2.61. The Morgan fingerprint density at radius 3 is 2.76 bits per heavy atom. The van der Waals surface area contributed by atoms with E-state index in [-0.39, 0.29) is 11.8 Å². The van der Waals surface area contributed by atoms with Gasteiger partial charge in [-0.05, 0) is 42.7 Å². The van der Waals surface area contributed by atoms with E-state index in [9.17, 15) is 9.59 Å². The van der Waals surface area contributed by atoms with Gasteiger partial charge in [-0.2, -0.15) is 0 Å². The molecule has 114 valence electrons. The van der Waals surface area contributed by atoms with E-state index in [0.717, 1.165) is 6.08 Å². The molecular formula is C13H20N6O2. The Bertz CT molecular complexity index is 577. The molecule has 1 aliphatic rings. The lowest BCUT2D eigenvalue weighted by Gasteiger charge is -2.43. The number of nitrogens with zero attached hydrogens (tertiary/aromatic N) is 5. The highest BCUT2D eigenvalue weighted by atomic mass is 16.2. The summed E-state index contributed by atoms with van der Waals surface area (Å²) in [6, 6.07) is -0.520. The van der Waals surface area contributed by atoms with Gasteiger partial charge < -0.3 is 0 Å². The molecule has 2 amide bonds. The molecule has 1 unspecified atom stereocenters. The van der Waals surface area contributed by atoms with Gasteiger partial charge in [0.15, 0.2) is 5.82 Å². The van der Waals surface area contributed by atoms with Crippen LogP contribution in [0, 0.1) is 5.92 Å². The van der Waals surface area contributed by atoms with E-state index in [2.05, 4.69) is 27.5 Å². The van der Waals surface area contributed by atoms with Gasteiger partial charge in [0.1, 0.15) is 11.6 Å². The maximum atomic E-state index is 12.7. The van der Waals surface area contributed by atoms with Gasteiger partial charge in [0, 0.05) is 0 Å². The zero-order chi connectivity index (χ0) is 15.8. The fourth-order valence-electron chi connectivity index (χ4n) is 2.43. The summed E-state index contributed by atoms with van der Waals surface area (Å²) in [5.74, 6) is 0.149. The maximum Gasteiger partial charge on any atom is 0.266 e.